The molecule has 1 atom stereocenters. The highest BCUT2D eigenvalue weighted by Crippen LogP contribution is 2.45. The third kappa shape index (κ3) is 2.10. The smallest absolute Gasteiger partial charge is 0.157 e. The zero-order valence-corrected chi connectivity index (χ0v) is 8.90. The van der Waals surface area contributed by atoms with E-state index in [-0.39, 0.29) is 4.77 Å². The number of methoxy groups -OCH3 is 1. The number of hydrogen-bond acceptors (Lipinski definition) is 3. The van der Waals surface area contributed by atoms with Crippen LogP contribution in [0.3, 0.4) is 0 Å². The van der Waals surface area contributed by atoms with Crippen molar-refractivity contribution in [2.24, 2.45) is 0 Å². The maximum atomic E-state index is 5.24. The van der Waals surface area contributed by atoms with Crippen molar-refractivity contribution in [3.63, 3.8) is 0 Å². The summed E-state index contributed by atoms with van der Waals surface area (Å²) in [5.74, 6) is 0. The Labute approximate surface area is 86.6 Å². The van der Waals surface area contributed by atoms with Gasteiger partial charge in [0.25, 0.3) is 0 Å². The lowest BCUT2D eigenvalue weighted by atomic mass is 10.2. The predicted molar refractivity (Wildman–Crippen MR) is 60.4 cm³/mol. The van der Waals surface area contributed by atoms with Gasteiger partial charge in [0.15, 0.2) is 4.77 Å². The largest absolute Gasteiger partial charge is 0.360 e. The van der Waals surface area contributed by atoms with E-state index in [4.69, 9.17) is 4.74 Å². The Kier molecular flexibility index (Phi) is 2.98. The molecule has 0 bridgehead atoms. The maximum absolute atomic E-state index is 5.24. The first-order valence-corrected chi connectivity index (χ1v) is 5.83. The van der Waals surface area contributed by atoms with Gasteiger partial charge in [-0.1, -0.05) is 53.9 Å². The molecule has 1 aliphatic heterocycles. The first kappa shape index (κ1) is 9.19. The minimum Gasteiger partial charge on any atom is -0.360 e. The van der Waals surface area contributed by atoms with Crippen molar-refractivity contribution in [3.05, 3.63) is 41.3 Å². The van der Waals surface area contributed by atoms with Crippen LogP contribution in [0.4, 0.5) is 0 Å². The molecular weight excluding hydrogens is 200 g/mol. The summed E-state index contributed by atoms with van der Waals surface area (Å²) in [4.78, 5) is 1.30. The second kappa shape index (κ2) is 4.22. The van der Waals surface area contributed by atoms with Crippen LogP contribution < -0.4 is 0 Å². The highest BCUT2D eigenvalue weighted by atomic mass is 32.2. The SMILES string of the molecule is COC1SC=C(c2ccccc2)S1. The molecule has 1 aliphatic rings. The molecule has 13 heavy (non-hydrogen) atoms. The Bertz CT molecular complexity index is 308. The van der Waals surface area contributed by atoms with E-state index in [1.807, 2.05) is 6.07 Å². The Morgan fingerprint density at radius 1 is 1.23 bits per heavy atom. The van der Waals surface area contributed by atoms with Crippen molar-refractivity contribution in [1.29, 1.82) is 0 Å². The fraction of sp³-hybridized carbons (Fsp3) is 0.200. The van der Waals surface area contributed by atoms with Crippen LogP contribution in [-0.4, -0.2) is 11.9 Å². The summed E-state index contributed by atoms with van der Waals surface area (Å²) in [5.41, 5.74) is 1.28. The van der Waals surface area contributed by atoms with Crippen LogP contribution in [0.1, 0.15) is 5.56 Å². The molecule has 0 spiro atoms. The number of rotatable bonds is 2. The first-order chi connectivity index (χ1) is 6.40. The van der Waals surface area contributed by atoms with Gasteiger partial charge >= 0.3 is 0 Å². The molecule has 0 aromatic heterocycles. The van der Waals surface area contributed by atoms with Crippen LogP contribution in [0, 0.1) is 0 Å². The van der Waals surface area contributed by atoms with Gasteiger partial charge in [0.2, 0.25) is 0 Å². The average molecular weight is 210 g/mol. The average Bonchev–Trinajstić information content (AvgIpc) is 2.67. The van der Waals surface area contributed by atoms with Crippen LogP contribution in [0.25, 0.3) is 4.91 Å². The lowest BCUT2D eigenvalue weighted by Gasteiger charge is -2.05. The summed E-state index contributed by atoms with van der Waals surface area (Å²) in [7, 11) is 1.74. The van der Waals surface area contributed by atoms with E-state index in [0.29, 0.717) is 0 Å². The molecule has 68 valence electrons. The van der Waals surface area contributed by atoms with Crippen molar-refractivity contribution >= 4 is 28.4 Å². The molecule has 2 rings (SSSR count). The molecular formula is C10H10OS2. The maximum Gasteiger partial charge on any atom is 0.157 e. The van der Waals surface area contributed by atoms with Gasteiger partial charge in [-0.3, -0.25) is 0 Å². The van der Waals surface area contributed by atoms with Gasteiger partial charge in [-0.05, 0) is 11.0 Å². The van der Waals surface area contributed by atoms with Crippen LogP contribution >= 0.6 is 23.5 Å². The molecule has 0 saturated heterocycles. The molecule has 0 amide bonds. The van der Waals surface area contributed by atoms with Crippen molar-refractivity contribution in [2.75, 3.05) is 7.11 Å². The number of thioether (sulfide) groups is 2. The molecule has 0 saturated carbocycles. The molecule has 1 aromatic carbocycles. The highest BCUT2D eigenvalue weighted by Gasteiger charge is 2.18. The van der Waals surface area contributed by atoms with Crippen LogP contribution in [0.15, 0.2) is 35.7 Å². The number of hydrogen-bond donors (Lipinski definition) is 0. The minimum absolute atomic E-state index is 0.232. The third-order valence-electron chi connectivity index (χ3n) is 1.76. The van der Waals surface area contributed by atoms with Crippen molar-refractivity contribution in [2.45, 2.75) is 4.77 Å². The molecule has 1 aromatic rings. The topological polar surface area (TPSA) is 9.23 Å². The summed E-state index contributed by atoms with van der Waals surface area (Å²) >= 11 is 3.49. The van der Waals surface area contributed by atoms with E-state index in [2.05, 4.69) is 29.7 Å². The zero-order valence-electron chi connectivity index (χ0n) is 7.27. The van der Waals surface area contributed by atoms with E-state index in [1.165, 1.54) is 10.5 Å². The Morgan fingerprint density at radius 3 is 2.62 bits per heavy atom. The Balaban J connectivity index is 2.12. The fourth-order valence-corrected chi connectivity index (χ4v) is 3.27. The first-order valence-electron chi connectivity index (χ1n) is 4.00. The summed E-state index contributed by atoms with van der Waals surface area (Å²) in [6.07, 6.45) is 0. The van der Waals surface area contributed by atoms with E-state index >= 15 is 0 Å². The Morgan fingerprint density at radius 2 is 2.00 bits per heavy atom. The monoisotopic (exact) mass is 210 g/mol. The second-order valence-electron chi connectivity index (χ2n) is 2.63. The third-order valence-corrected chi connectivity index (χ3v) is 4.31. The number of benzene rings is 1. The van der Waals surface area contributed by atoms with Gasteiger partial charge in [-0.2, -0.15) is 0 Å². The molecule has 0 radical (unpaired) electrons. The summed E-state index contributed by atoms with van der Waals surface area (Å²) < 4.78 is 5.47. The van der Waals surface area contributed by atoms with Gasteiger partial charge in [-0.25, -0.2) is 0 Å². The van der Waals surface area contributed by atoms with Gasteiger partial charge in [-0.15, -0.1) is 0 Å². The standard InChI is InChI=1S/C10H10OS2/c1-11-10-12-7-9(13-10)8-5-3-2-4-6-8/h2-7,10H,1H3. The molecule has 1 nitrogen and oxygen atoms in total. The van der Waals surface area contributed by atoms with Crippen molar-refractivity contribution in [3.8, 4) is 0 Å². The minimum atomic E-state index is 0.232. The van der Waals surface area contributed by atoms with E-state index < -0.39 is 0 Å². The second-order valence-corrected chi connectivity index (χ2v) is 4.96. The van der Waals surface area contributed by atoms with E-state index in [9.17, 15) is 0 Å². The van der Waals surface area contributed by atoms with Gasteiger partial charge < -0.3 is 4.74 Å². The summed E-state index contributed by atoms with van der Waals surface area (Å²) in [6, 6.07) is 10.4. The van der Waals surface area contributed by atoms with E-state index in [1.54, 1.807) is 30.6 Å². The van der Waals surface area contributed by atoms with Crippen molar-refractivity contribution in [1.82, 2.24) is 0 Å². The van der Waals surface area contributed by atoms with Gasteiger partial charge in [0.05, 0.1) is 0 Å². The predicted octanol–water partition coefficient (Wildman–Crippen LogP) is 3.40. The van der Waals surface area contributed by atoms with E-state index in [0.717, 1.165) is 0 Å². The molecule has 0 aliphatic carbocycles. The zero-order chi connectivity index (χ0) is 9.10. The number of ether oxygens (including phenoxy) is 1. The summed E-state index contributed by atoms with van der Waals surface area (Å²) in [6.45, 7) is 0. The highest BCUT2D eigenvalue weighted by molar-refractivity contribution is 8.25. The normalized spacial score (nSPS) is 21.6. The Hall–Kier alpha value is -0.380. The summed E-state index contributed by atoms with van der Waals surface area (Å²) in [5, 5.41) is 2.16. The molecule has 0 fully saturated rings. The van der Waals surface area contributed by atoms with Crippen LogP contribution in [0.2, 0.25) is 0 Å². The lowest BCUT2D eigenvalue weighted by molar-refractivity contribution is 0.236. The molecule has 1 heterocycles. The molecule has 0 N–H and O–H groups in total. The quantitative estimate of drug-likeness (QED) is 0.740. The molecule has 3 heteroatoms. The lowest BCUT2D eigenvalue weighted by Crippen LogP contribution is -1.93. The van der Waals surface area contributed by atoms with Crippen LogP contribution in [0.5, 0.6) is 0 Å². The fourth-order valence-electron chi connectivity index (χ4n) is 1.12. The molecule has 1 unspecified atom stereocenters. The van der Waals surface area contributed by atoms with Crippen molar-refractivity contribution < 1.29 is 4.74 Å². The van der Waals surface area contributed by atoms with Gasteiger partial charge in [0.1, 0.15) is 0 Å². The van der Waals surface area contributed by atoms with Crippen LogP contribution in [-0.2, 0) is 4.74 Å². The van der Waals surface area contributed by atoms with Gasteiger partial charge in [0, 0.05) is 12.0 Å².